The summed E-state index contributed by atoms with van der Waals surface area (Å²) in [6.45, 7) is 3.11. The molecule has 1 aliphatic rings. The molecule has 6 nitrogen and oxygen atoms in total. The Balaban J connectivity index is 1.43. The molecule has 1 saturated heterocycles. The second-order valence-electron chi connectivity index (χ2n) is 6.73. The molecule has 148 valence electrons. The van der Waals surface area contributed by atoms with Crippen molar-refractivity contribution in [2.75, 3.05) is 33.3 Å². The van der Waals surface area contributed by atoms with Crippen LogP contribution in [-0.4, -0.2) is 50.9 Å². The minimum atomic E-state index is -3.49. The summed E-state index contributed by atoms with van der Waals surface area (Å²) in [6.07, 6.45) is 2.67. The molecule has 0 N–H and O–H groups in total. The standard InChI is InChI=1S/C19H25ClN2O4S/c1-21(11-4-14-25-17-7-5-16(20)6-8-17)15-18-9-10-19(26-18)27(23,24)22-12-2-3-13-22/h5-10H,2-4,11-15H2,1H3. The fourth-order valence-corrected chi connectivity index (χ4v) is 4.61. The van der Waals surface area contributed by atoms with E-state index in [0.717, 1.165) is 31.6 Å². The minimum absolute atomic E-state index is 0.0406. The maximum absolute atomic E-state index is 12.5. The van der Waals surface area contributed by atoms with Crippen molar-refractivity contribution in [2.45, 2.75) is 30.9 Å². The third kappa shape index (κ3) is 5.48. The molecule has 0 radical (unpaired) electrons. The fourth-order valence-electron chi connectivity index (χ4n) is 3.04. The molecule has 0 amide bonds. The van der Waals surface area contributed by atoms with Gasteiger partial charge in [0.1, 0.15) is 11.5 Å². The van der Waals surface area contributed by atoms with Gasteiger partial charge in [-0.1, -0.05) is 11.6 Å². The van der Waals surface area contributed by atoms with Gasteiger partial charge in [0, 0.05) is 24.7 Å². The van der Waals surface area contributed by atoms with Crippen molar-refractivity contribution in [3.05, 3.63) is 47.2 Å². The summed E-state index contributed by atoms with van der Waals surface area (Å²) in [7, 11) is -1.52. The first-order valence-electron chi connectivity index (χ1n) is 9.11. The van der Waals surface area contributed by atoms with Crippen LogP contribution in [0.3, 0.4) is 0 Å². The van der Waals surface area contributed by atoms with E-state index in [1.807, 2.05) is 19.2 Å². The molecule has 0 aliphatic carbocycles. The molecule has 0 unspecified atom stereocenters. The number of nitrogens with zero attached hydrogens (tertiary/aromatic N) is 2. The number of hydrogen-bond donors (Lipinski definition) is 0. The highest BCUT2D eigenvalue weighted by atomic mass is 35.5. The van der Waals surface area contributed by atoms with Crippen LogP contribution in [0.15, 0.2) is 45.9 Å². The van der Waals surface area contributed by atoms with Crippen LogP contribution < -0.4 is 4.74 Å². The molecule has 27 heavy (non-hydrogen) atoms. The molecule has 2 heterocycles. The SMILES string of the molecule is CN(CCCOc1ccc(Cl)cc1)Cc1ccc(S(=O)(=O)N2CCCC2)o1. The maximum atomic E-state index is 12.5. The van der Waals surface area contributed by atoms with E-state index in [1.165, 1.54) is 4.31 Å². The maximum Gasteiger partial charge on any atom is 0.276 e. The summed E-state index contributed by atoms with van der Waals surface area (Å²) >= 11 is 5.85. The zero-order chi connectivity index (χ0) is 19.3. The third-order valence-electron chi connectivity index (χ3n) is 4.49. The number of hydrogen-bond acceptors (Lipinski definition) is 5. The lowest BCUT2D eigenvalue weighted by atomic mass is 10.3. The summed E-state index contributed by atoms with van der Waals surface area (Å²) in [5, 5.41) is 0.727. The Morgan fingerprint density at radius 1 is 1.15 bits per heavy atom. The van der Waals surface area contributed by atoms with Gasteiger partial charge in [-0.2, -0.15) is 4.31 Å². The number of halogens is 1. The Kier molecular flexibility index (Phi) is 6.81. The van der Waals surface area contributed by atoms with Crippen LogP contribution >= 0.6 is 11.6 Å². The lowest BCUT2D eigenvalue weighted by Crippen LogP contribution is -2.27. The van der Waals surface area contributed by atoms with E-state index in [0.29, 0.717) is 37.0 Å². The molecular formula is C19H25ClN2O4S. The lowest BCUT2D eigenvalue weighted by Gasteiger charge is -2.16. The minimum Gasteiger partial charge on any atom is -0.494 e. The Morgan fingerprint density at radius 2 is 1.85 bits per heavy atom. The van der Waals surface area contributed by atoms with E-state index < -0.39 is 10.0 Å². The number of furan rings is 1. The van der Waals surface area contributed by atoms with Crippen molar-refractivity contribution >= 4 is 21.6 Å². The molecule has 1 aromatic carbocycles. The molecule has 3 rings (SSSR count). The van der Waals surface area contributed by atoms with Gasteiger partial charge in [-0.15, -0.1) is 0 Å². The van der Waals surface area contributed by atoms with Crippen molar-refractivity contribution in [1.82, 2.24) is 9.21 Å². The highest BCUT2D eigenvalue weighted by Gasteiger charge is 2.29. The van der Waals surface area contributed by atoms with Gasteiger partial charge in [0.15, 0.2) is 0 Å². The van der Waals surface area contributed by atoms with Gasteiger partial charge in [-0.3, -0.25) is 4.90 Å². The van der Waals surface area contributed by atoms with Gasteiger partial charge >= 0.3 is 0 Å². The van der Waals surface area contributed by atoms with Crippen LogP contribution in [0.1, 0.15) is 25.0 Å². The average molecular weight is 413 g/mol. The molecule has 0 atom stereocenters. The van der Waals surface area contributed by atoms with Crippen LogP contribution in [0.5, 0.6) is 5.75 Å². The summed E-state index contributed by atoms with van der Waals surface area (Å²) in [4.78, 5) is 2.08. The van der Waals surface area contributed by atoms with Gasteiger partial charge in [0.2, 0.25) is 5.09 Å². The van der Waals surface area contributed by atoms with Crippen molar-refractivity contribution in [3.8, 4) is 5.75 Å². The zero-order valence-corrected chi connectivity index (χ0v) is 17.0. The van der Waals surface area contributed by atoms with Gasteiger partial charge in [0.05, 0.1) is 13.2 Å². The predicted octanol–water partition coefficient (Wildman–Crippen LogP) is 3.62. The second-order valence-corrected chi connectivity index (χ2v) is 9.03. The lowest BCUT2D eigenvalue weighted by molar-refractivity contribution is 0.242. The number of benzene rings is 1. The van der Waals surface area contributed by atoms with Crippen LogP contribution in [0, 0.1) is 0 Å². The van der Waals surface area contributed by atoms with Crippen LogP contribution in [-0.2, 0) is 16.6 Å². The third-order valence-corrected chi connectivity index (χ3v) is 6.51. The molecular weight excluding hydrogens is 388 g/mol. The number of ether oxygens (including phenoxy) is 1. The van der Waals surface area contributed by atoms with Crippen molar-refractivity contribution in [1.29, 1.82) is 0 Å². The Labute approximate surface area is 165 Å². The van der Waals surface area contributed by atoms with E-state index in [2.05, 4.69) is 4.90 Å². The average Bonchev–Trinajstić information content (AvgIpc) is 3.33. The second kappa shape index (κ2) is 9.10. The molecule has 0 spiro atoms. The summed E-state index contributed by atoms with van der Waals surface area (Å²) in [5.74, 6) is 1.44. The monoisotopic (exact) mass is 412 g/mol. The zero-order valence-electron chi connectivity index (χ0n) is 15.4. The smallest absolute Gasteiger partial charge is 0.276 e. The highest BCUT2D eigenvalue weighted by Crippen LogP contribution is 2.23. The Morgan fingerprint density at radius 3 is 2.56 bits per heavy atom. The Bertz CT molecular complexity index is 830. The van der Waals surface area contributed by atoms with Gasteiger partial charge in [-0.05, 0) is 62.7 Å². The molecule has 0 bridgehead atoms. The van der Waals surface area contributed by atoms with Crippen LogP contribution in [0.4, 0.5) is 0 Å². The van der Waals surface area contributed by atoms with Crippen LogP contribution in [0.25, 0.3) is 0 Å². The summed E-state index contributed by atoms with van der Waals surface area (Å²) in [6, 6.07) is 10.6. The van der Waals surface area contributed by atoms with Gasteiger partial charge in [0.25, 0.3) is 10.0 Å². The Hall–Kier alpha value is -1.54. The van der Waals surface area contributed by atoms with Crippen molar-refractivity contribution in [3.63, 3.8) is 0 Å². The van der Waals surface area contributed by atoms with Crippen LogP contribution in [0.2, 0.25) is 5.02 Å². The van der Waals surface area contributed by atoms with Gasteiger partial charge in [-0.25, -0.2) is 8.42 Å². The number of rotatable bonds is 9. The van der Waals surface area contributed by atoms with Crippen molar-refractivity contribution in [2.24, 2.45) is 0 Å². The summed E-state index contributed by atoms with van der Waals surface area (Å²) in [5.41, 5.74) is 0. The summed E-state index contributed by atoms with van der Waals surface area (Å²) < 4.78 is 37.8. The molecule has 2 aromatic rings. The quantitative estimate of drug-likeness (QED) is 0.588. The predicted molar refractivity (Wildman–Crippen MR) is 105 cm³/mol. The molecule has 0 saturated carbocycles. The first-order chi connectivity index (χ1) is 12.9. The van der Waals surface area contributed by atoms with Crippen molar-refractivity contribution < 1.29 is 17.6 Å². The van der Waals surface area contributed by atoms with E-state index in [4.69, 9.17) is 20.8 Å². The largest absolute Gasteiger partial charge is 0.494 e. The molecule has 1 aliphatic heterocycles. The highest BCUT2D eigenvalue weighted by molar-refractivity contribution is 7.89. The molecule has 1 aromatic heterocycles. The first-order valence-corrected chi connectivity index (χ1v) is 10.9. The van der Waals surface area contributed by atoms with E-state index in [1.54, 1.807) is 24.3 Å². The van der Waals surface area contributed by atoms with E-state index in [-0.39, 0.29) is 5.09 Å². The number of sulfonamides is 1. The van der Waals surface area contributed by atoms with Gasteiger partial charge < -0.3 is 9.15 Å². The van der Waals surface area contributed by atoms with E-state index in [9.17, 15) is 8.42 Å². The first kappa shape index (κ1) is 20.2. The molecule has 1 fully saturated rings. The topological polar surface area (TPSA) is 63.0 Å². The van der Waals surface area contributed by atoms with E-state index >= 15 is 0 Å². The molecule has 8 heteroatoms. The fraction of sp³-hybridized carbons (Fsp3) is 0.474. The normalized spacial score (nSPS) is 15.5.